The fourth-order valence-electron chi connectivity index (χ4n) is 2.71. The predicted molar refractivity (Wildman–Crippen MR) is 80.1 cm³/mol. The van der Waals surface area contributed by atoms with Crippen LogP contribution in [0.2, 0.25) is 0 Å². The predicted octanol–water partition coefficient (Wildman–Crippen LogP) is 2.28. The molecule has 0 aliphatic carbocycles. The number of nitrogens with two attached hydrogens (primary N) is 1. The van der Waals surface area contributed by atoms with E-state index in [-0.39, 0.29) is 17.1 Å². The summed E-state index contributed by atoms with van der Waals surface area (Å²) in [6, 6.07) is 0.195. The summed E-state index contributed by atoms with van der Waals surface area (Å²) in [4.78, 5) is 14.4. The van der Waals surface area contributed by atoms with Crippen molar-refractivity contribution >= 4 is 17.7 Å². The van der Waals surface area contributed by atoms with Crippen LogP contribution in [0.3, 0.4) is 0 Å². The molecule has 2 atom stereocenters. The number of halogens is 3. The van der Waals surface area contributed by atoms with Gasteiger partial charge in [0, 0.05) is 12.6 Å². The number of hydrogen-bond donors (Lipinski definition) is 1. The number of alkyl halides is 3. The Labute approximate surface area is 136 Å². The second-order valence-electron chi connectivity index (χ2n) is 5.52. The van der Waals surface area contributed by atoms with Gasteiger partial charge in [-0.3, -0.25) is 4.79 Å². The molecule has 23 heavy (non-hydrogen) atoms. The Kier molecular flexibility index (Phi) is 5.43. The van der Waals surface area contributed by atoms with Gasteiger partial charge in [-0.15, -0.1) is 10.2 Å². The van der Waals surface area contributed by atoms with Crippen LogP contribution in [0, 0.1) is 0 Å². The van der Waals surface area contributed by atoms with Gasteiger partial charge >= 0.3 is 6.18 Å². The maximum absolute atomic E-state index is 12.7. The van der Waals surface area contributed by atoms with Gasteiger partial charge in [0.1, 0.15) is 0 Å². The van der Waals surface area contributed by atoms with E-state index in [1.807, 2.05) is 11.8 Å². The maximum atomic E-state index is 12.7. The molecule has 1 fully saturated rings. The molecule has 2 N–H and O–H groups in total. The Morgan fingerprint density at radius 3 is 2.70 bits per heavy atom. The average molecular weight is 351 g/mol. The molecule has 0 aromatic carbocycles. The van der Waals surface area contributed by atoms with Crippen molar-refractivity contribution in [3.8, 4) is 0 Å². The summed E-state index contributed by atoms with van der Waals surface area (Å²) in [7, 11) is 0. The molecule has 1 aromatic rings. The number of carbonyl (C=O) groups is 1. The summed E-state index contributed by atoms with van der Waals surface area (Å²) in [6.45, 7) is 4.36. The van der Waals surface area contributed by atoms with Crippen LogP contribution in [0.4, 0.5) is 13.2 Å². The van der Waals surface area contributed by atoms with Crippen molar-refractivity contribution in [2.45, 2.75) is 62.2 Å². The van der Waals surface area contributed by atoms with Gasteiger partial charge in [0.05, 0.1) is 5.25 Å². The van der Waals surface area contributed by atoms with Crippen LogP contribution in [0.15, 0.2) is 5.16 Å². The van der Waals surface area contributed by atoms with E-state index in [0.29, 0.717) is 11.2 Å². The third kappa shape index (κ3) is 3.91. The Morgan fingerprint density at radius 2 is 2.13 bits per heavy atom. The first-order valence-corrected chi connectivity index (χ1v) is 8.38. The average Bonchev–Trinajstić information content (AvgIpc) is 2.87. The van der Waals surface area contributed by atoms with Gasteiger partial charge in [-0.25, -0.2) is 4.68 Å². The van der Waals surface area contributed by atoms with E-state index < -0.39 is 17.3 Å². The zero-order valence-corrected chi connectivity index (χ0v) is 13.8. The number of aromatic nitrogens is 3. The molecule has 1 saturated heterocycles. The van der Waals surface area contributed by atoms with Crippen molar-refractivity contribution in [1.82, 2.24) is 19.8 Å². The normalized spacial score (nSPS) is 20.6. The lowest BCUT2D eigenvalue weighted by Gasteiger charge is -2.36. The molecule has 0 radical (unpaired) electrons. The van der Waals surface area contributed by atoms with E-state index >= 15 is 0 Å². The minimum absolute atomic E-state index is 0.0990. The second-order valence-corrected chi connectivity index (χ2v) is 6.83. The van der Waals surface area contributed by atoms with E-state index in [0.717, 1.165) is 37.4 Å². The number of nitrogens with zero attached hydrogens (tertiary/aromatic N) is 4. The molecule has 0 saturated carbocycles. The summed E-state index contributed by atoms with van der Waals surface area (Å²) in [5, 5.41) is 5.81. The van der Waals surface area contributed by atoms with Crippen molar-refractivity contribution in [3.63, 3.8) is 0 Å². The minimum Gasteiger partial charge on any atom is -0.339 e. The van der Waals surface area contributed by atoms with E-state index in [1.165, 1.54) is 0 Å². The Hall–Kier alpha value is -1.45. The Bertz CT molecular complexity index is 562. The lowest BCUT2D eigenvalue weighted by molar-refractivity contribution is -0.146. The molecular weight excluding hydrogens is 331 g/mol. The molecule has 0 bridgehead atoms. The van der Waals surface area contributed by atoms with Gasteiger partial charge in [-0.1, -0.05) is 18.7 Å². The number of hydrogen-bond acceptors (Lipinski definition) is 5. The van der Waals surface area contributed by atoms with Crippen LogP contribution < -0.4 is 5.84 Å². The van der Waals surface area contributed by atoms with E-state index in [2.05, 4.69) is 10.2 Å². The van der Waals surface area contributed by atoms with Crippen molar-refractivity contribution in [1.29, 1.82) is 0 Å². The van der Waals surface area contributed by atoms with Crippen LogP contribution >= 0.6 is 11.8 Å². The topological polar surface area (TPSA) is 77.0 Å². The van der Waals surface area contributed by atoms with Gasteiger partial charge in [-0.05, 0) is 32.6 Å². The fourth-order valence-corrected chi connectivity index (χ4v) is 3.55. The molecular formula is C13H20F3N5OS. The van der Waals surface area contributed by atoms with Gasteiger partial charge in [0.2, 0.25) is 11.1 Å². The monoisotopic (exact) mass is 351 g/mol. The third-order valence-electron chi connectivity index (χ3n) is 3.93. The first-order valence-electron chi connectivity index (χ1n) is 7.50. The molecule has 2 rings (SSSR count). The summed E-state index contributed by atoms with van der Waals surface area (Å²) in [6.07, 6.45) is -0.797. The number of rotatable bonds is 4. The summed E-state index contributed by atoms with van der Waals surface area (Å²) in [5.41, 5.74) is 0. The van der Waals surface area contributed by atoms with Gasteiger partial charge in [0.15, 0.2) is 0 Å². The third-order valence-corrected chi connectivity index (χ3v) is 4.97. The van der Waals surface area contributed by atoms with Crippen LogP contribution in [0.1, 0.15) is 45.4 Å². The number of piperidine rings is 1. The van der Waals surface area contributed by atoms with Crippen molar-refractivity contribution in [2.75, 3.05) is 12.4 Å². The quantitative estimate of drug-likeness (QED) is 0.665. The number of likely N-dealkylation sites (tertiary alicyclic amines) is 1. The van der Waals surface area contributed by atoms with E-state index in [4.69, 9.17) is 5.84 Å². The first kappa shape index (κ1) is 17.9. The largest absolute Gasteiger partial charge is 0.453 e. The molecule has 1 amide bonds. The molecule has 2 unspecified atom stereocenters. The second kappa shape index (κ2) is 6.98. The number of carbonyl (C=O) groups excluding carboxylic acids is 1. The summed E-state index contributed by atoms with van der Waals surface area (Å²) >= 11 is 0.895. The SMILES string of the molecule is CCC1CCCCN1C(=O)C(C)Sc1nnc(C(F)(F)F)n1N. The molecule has 6 nitrogen and oxygen atoms in total. The molecule has 1 aliphatic heterocycles. The Balaban J connectivity index is 2.08. The van der Waals surface area contributed by atoms with Crippen molar-refractivity contribution < 1.29 is 18.0 Å². The number of nitrogen functional groups attached to an aromatic ring is 1. The zero-order chi connectivity index (χ0) is 17.2. The highest BCUT2D eigenvalue weighted by molar-refractivity contribution is 8.00. The van der Waals surface area contributed by atoms with Crippen LogP contribution in [0.5, 0.6) is 0 Å². The summed E-state index contributed by atoms with van der Waals surface area (Å²) in [5.74, 6) is 4.02. The van der Waals surface area contributed by atoms with E-state index in [1.54, 1.807) is 6.92 Å². The smallest absolute Gasteiger partial charge is 0.339 e. The summed E-state index contributed by atoms with van der Waals surface area (Å²) < 4.78 is 38.4. The number of thioether (sulfide) groups is 1. The van der Waals surface area contributed by atoms with Crippen LogP contribution in [-0.2, 0) is 11.0 Å². The van der Waals surface area contributed by atoms with Gasteiger partial charge in [-0.2, -0.15) is 13.2 Å². The fraction of sp³-hybridized carbons (Fsp3) is 0.769. The highest BCUT2D eigenvalue weighted by atomic mass is 32.2. The van der Waals surface area contributed by atoms with Crippen LogP contribution in [-0.4, -0.2) is 43.5 Å². The van der Waals surface area contributed by atoms with Crippen LogP contribution in [0.25, 0.3) is 0 Å². The van der Waals surface area contributed by atoms with Gasteiger partial charge < -0.3 is 10.7 Å². The first-order chi connectivity index (χ1) is 10.8. The lowest BCUT2D eigenvalue weighted by Crippen LogP contribution is -2.46. The molecule has 0 spiro atoms. The molecule has 10 heteroatoms. The standard InChI is InChI=1S/C13H20F3N5OS/c1-3-9-6-4-5-7-20(9)10(22)8(2)23-12-19-18-11(21(12)17)13(14,15)16/h8-9H,3-7,17H2,1-2H3. The lowest BCUT2D eigenvalue weighted by atomic mass is 10.00. The van der Waals surface area contributed by atoms with Gasteiger partial charge in [0.25, 0.3) is 5.82 Å². The molecule has 130 valence electrons. The van der Waals surface area contributed by atoms with Crippen molar-refractivity contribution in [2.24, 2.45) is 0 Å². The highest BCUT2D eigenvalue weighted by Crippen LogP contribution is 2.31. The molecule has 1 aliphatic rings. The molecule has 1 aromatic heterocycles. The number of amides is 1. The van der Waals surface area contributed by atoms with E-state index in [9.17, 15) is 18.0 Å². The molecule has 2 heterocycles. The Morgan fingerprint density at radius 1 is 1.43 bits per heavy atom. The minimum atomic E-state index is -4.67. The maximum Gasteiger partial charge on any atom is 0.453 e. The highest BCUT2D eigenvalue weighted by Gasteiger charge is 2.39. The zero-order valence-electron chi connectivity index (χ0n) is 13.0. The van der Waals surface area contributed by atoms with Crippen molar-refractivity contribution in [3.05, 3.63) is 5.82 Å².